The van der Waals surface area contributed by atoms with Crippen LogP contribution in [0.3, 0.4) is 0 Å². The molecule has 0 spiro atoms. The molecule has 0 fully saturated rings. The van der Waals surface area contributed by atoms with Crippen molar-refractivity contribution in [1.29, 1.82) is 0 Å². The Balaban J connectivity index is 2.34. The van der Waals surface area contributed by atoms with Crippen molar-refractivity contribution >= 4 is 27.5 Å². The molecule has 94 valence electrons. The Bertz CT molecular complexity index is 633. The molecule has 0 aliphatic heterocycles. The number of nitrogens with zero attached hydrogens (tertiary/aromatic N) is 2. The molecular weight excluding hydrogens is 248 g/mol. The summed E-state index contributed by atoms with van der Waals surface area (Å²) in [4.78, 5) is 22.2. The lowest BCUT2D eigenvalue weighted by atomic mass is 9.96. The van der Waals surface area contributed by atoms with E-state index in [1.54, 1.807) is 11.3 Å². The van der Waals surface area contributed by atoms with Gasteiger partial charge in [0.15, 0.2) is 5.69 Å². The minimum absolute atomic E-state index is 0.191. The summed E-state index contributed by atoms with van der Waals surface area (Å²) in [6.07, 6.45) is 5.00. The molecule has 3 rings (SSSR count). The van der Waals surface area contributed by atoms with Crippen molar-refractivity contribution in [2.75, 3.05) is 0 Å². The van der Waals surface area contributed by atoms with Gasteiger partial charge in [-0.2, -0.15) is 0 Å². The van der Waals surface area contributed by atoms with Gasteiger partial charge in [-0.25, -0.2) is 14.8 Å². The molecule has 0 aromatic carbocycles. The van der Waals surface area contributed by atoms with Gasteiger partial charge in [-0.1, -0.05) is 6.92 Å². The maximum atomic E-state index is 11.4. The summed E-state index contributed by atoms with van der Waals surface area (Å²) in [5, 5.41) is 10.1. The average molecular weight is 262 g/mol. The van der Waals surface area contributed by atoms with E-state index in [1.807, 2.05) is 6.92 Å². The zero-order chi connectivity index (χ0) is 12.7. The second kappa shape index (κ2) is 4.31. The Morgan fingerprint density at radius 3 is 2.83 bits per heavy atom. The lowest BCUT2D eigenvalue weighted by Crippen LogP contribution is -2.07. The zero-order valence-electron chi connectivity index (χ0n) is 10.2. The molecule has 4 nitrogen and oxygen atoms in total. The van der Waals surface area contributed by atoms with Crippen LogP contribution in [0.1, 0.15) is 46.5 Å². The summed E-state index contributed by atoms with van der Waals surface area (Å²) in [6, 6.07) is 0. The molecule has 0 saturated heterocycles. The number of thiophene rings is 1. The monoisotopic (exact) mass is 262 g/mol. The first kappa shape index (κ1) is 11.6. The van der Waals surface area contributed by atoms with Crippen LogP contribution in [0.15, 0.2) is 0 Å². The number of aryl methyl sites for hydroxylation is 3. The van der Waals surface area contributed by atoms with E-state index in [2.05, 4.69) is 9.97 Å². The quantitative estimate of drug-likeness (QED) is 0.904. The Morgan fingerprint density at radius 1 is 1.33 bits per heavy atom. The van der Waals surface area contributed by atoms with Gasteiger partial charge in [-0.05, 0) is 31.2 Å². The molecule has 5 heteroatoms. The van der Waals surface area contributed by atoms with E-state index in [0.717, 1.165) is 29.5 Å². The number of hydrogen-bond acceptors (Lipinski definition) is 4. The predicted octanol–water partition coefficient (Wildman–Crippen LogP) is 2.83. The van der Waals surface area contributed by atoms with E-state index in [4.69, 9.17) is 0 Å². The summed E-state index contributed by atoms with van der Waals surface area (Å²) in [5.74, 6) is -0.318. The first-order valence-corrected chi connectivity index (χ1v) is 7.06. The number of carboxylic acid groups (broad SMARTS) is 1. The molecule has 0 bridgehead atoms. The Hall–Kier alpha value is -1.49. The first-order chi connectivity index (χ1) is 8.70. The third-order valence-corrected chi connectivity index (χ3v) is 4.57. The number of carbonyl (C=O) groups is 1. The van der Waals surface area contributed by atoms with Gasteiger partial charge in [0.2, 0.25) is 0 Å². The highest BCUT2D eigenvalue weighted by atomic mass is 32.1. The van der Waals surface area contributed by atoms with Crippen molar-refractivity contribution in [2.24, 2.45) is 0 Å². The van der Waals surface area contributed by atoms with Crippen LogP contribution in [0.5, 0.6) is 0 Å². The lowest BCUT2D eigenvalue weighted by Gasteiger charge is -2.10. The third kappa shape index (κ3) is 1.70. The van der Waals surface area contributed by atoms with Crippen LogP contribution in [0.2, 0.25) is 0 Å². The van der Waals surface area contributed by atoms with Crippen LogP contribution >= 0.6 is 11.3 Å². The van der Waals surface area contributed by atoms with E-state index in [-0.39, 0.29) is 5.69 Å². The van der Waals surface area contributed by atoms with Crippen molar-refractivity contribution in [3.63, 3.8) is 0 Å². The van der Waals surface area contributed by atoms with Crippen molar-refractivity contribution in [3.8, 4) is 0 Å². The molecule has 0 amide bonds. The highest BCUT2D eigenvalue weighted by Gasteiger charge is 2.23. The molecule has 0 saturated carbocycles. The van der Waals surface area contributed by atoms with Gasteiger partial charge in [0, 0.05) is 16.7 Å². The highest BCUT2D eigenvalue weighted by Crippen LogP contribution is 2.36. The fourth-order valence-electron chi connectivity index (χ4n) is 2.51. The number of hydrogen-bond donors (Lipinski definition) is 1. The van der Waals surface area contributed by atoms with Gasteiger partial charge in [0.05, 0.1) is 0 Å². The fourth-order valence-corrected chi connectivity index (χ4v) is 3.79. The van der Waals surface area contributed by atoms with Crippen LogP contribution in [0.4, 0.5) is 0 Å². The number of aromatic nitrogens is 2. The first-order valence-electron chi connectivity index (χ1n) is 6.25. The second-order valence-electron chi connectivity index (χ2n) is 4.54. The number of rotatable bonds is 2. The van der Waals surface area contributed by atoms with Crippen molar-refractivity contribution < 1.29 is 9.90 Å². The largest absolute Gasteiger partial charge is 0.476 e. The van der Waals surface area contributed by atoms with E-state index in [1.165, 1.54) is 16.9 Å². The van der Waals surface area contributed by atoms with Gasteiger partial charge >= 0.3 is 5.97 Å². The van der Waals surface area contributed by atoms with Crippen LogP contribution in [0, 0.1) is 0 Å². The van der Waals surface area contributed by atoms with Crippen molar-refractivity contribution in [2.45, 2.75) is 39.0 Å². The lowest BCUT2D eigenvalue weighted by molar-refractivity contribution is 0.0692. The summed E-state index contributed by atoms with van der Waals surface area (Å²) in [5.41, 5.74) is 1.37. The number of fused-ring (bicyclic) bond motifs is 3. The van der Waals surface area contributed by atoms with Crippen LogP contribution in [-0.2, 0) is 19.3 Å². The van der Waals surface area contributed by atoms with Crippen LogP contribution < -0.4 is 0 Å². The second-order valence-corrected chi connectivity index (χ2v) is 5.62. The minimum atomic E-state index is -0.941. The normalized spacial score (nSPS) is 14.7. The molecule has 0 radical (unpaired) electrons. The maximum absolute atomic E-state index is 11.4. The molecule has 2 aromatic heterocycles. The topological polar surface area (TPSA) is 63.1 Å². The fraction of sp³-hybridized carbons (Fsp3) is 0.462. The SMILES string of the molecule is CCc1nc(C(=O)O)c2c3c(sc2n1)CCCC3. The summed E-state index contributed by atoms with van der Waals surface area (Å²) in [6.45, 7) is 1.94. The predicted molar refractivity (Wildman–Crippen MR) is 70.4 cm³/mol. The van der Waals surface area contributed by atoms with Gasteiger partial charge in [0.25, 0.3) is 0 Å². The molecule has 2 aromatic rings. The number of carboxylic acids is 1. The Labute approximate surface area is 109 Å². The smallest absolute Gasteiger partial charge is 0.355 e. The zero-order valence-corrected chi connectivity index (χ0v) is 11.0. The van der Waals surface area contributed by atoms with Crippen molar-refractivity contribution in [1.82, 2.24) is 9.97 Å². The van der Waals surface area contributed by atoms with Gasteiger partial charge in [-0.3, -0.25) is 0 Å². The molecule has 2 heterocycles. The molecule has 0 unspecified atom stereocenters. The maximum Gasteiger partial charge on any atom is 0.355 e. The van der Waals surface area contributed by atoms with E-state index >= 15 is 0 Å². The standard InChI is InChI=1S/C13H14N2O2S/c1-2-9-14-11(13(16)17)10-7-5-3-4-6-8(7)18-12(10)15-9/h2-6H2,1H3,(H,16,17). The van der Waals surface area contributed by atoms with Crippen LogP contribution in [0.25, 0.3) is 10.2 Å². The van der Waals surface area contributed by atoms with E-state index < -0.39 is 5.97 Å². The minimum Gasteiger partial charge on any atom is -0.476 e. The Morgan fingerprint density at radius 2 is 2.11 bits per heavy atom. The summed E-state index contributed by atoms with van der Waals surface area (Å²) < 4.78 is 0. The highest BCUT2D eigenvalue weighted by molar-refractivity contribution is 7.18. The Kier molecular flexibility index (Phi) is 2.78. The third-order valence-electron chi connectivity index (χ3n) is 3.38. The number of aromatic carboxylic acids is 1. The van der Waals surface area contributed by atoms with Gasteiger partial charge < -0.3 is 5.11 Å². The van der Waals surface area contributed by atoms with Crippen LogP contribution in [-0.4, -0.2) is 21.0 Å². The average Bonchev–Trinajstić information content (AvgIpc) is 2.75. The molecule has 18 heavy (non-hydrogen) atoms. The summed E-state index contributed by atoms with van der Waals surface area (Å²) in [7, 11) is 0. The molecule has 0 atom stereocenters. The molecule has 1 aliphatic rings. The van der Waals surface area contributed by atoms with E-state index in [9.17, 15) is 9.90 Å². The van der Waals surface area contributed by atoms with E-state index in [0.29, 0.717) is 12.2 Å². The summed E-state index contributed by atoms with van der Waals surface area (Å²) >= 11 is 1.65. The molecule has 1 N–H and O–H groups in total. The molecule has 1 aliphatic carbocycles. The van der Waals surface area contributed by atoms with Crippen molar-refractivity contribution in [3.05, 3.63) is 22.0 Å². The van der Waals surface area contributed by atoms with Gasteiger partial charge in [0.1, 0.15) is 10.7 Å². The van der Waals surface area contributed by atoms with Gasteiger partial charge in [-0.15, -0.1) is 11.3 Å². The molecular formula is C13H14N2O2S.